The zero-order valence-electron chi connectivity index (χ0n) is 8.49. The van der Waals surface area contributed by atoms with Crippen molar-refractivity contribution in [1.29, 1.82) is 0 Å². The number of thiophene rings is 1. The van der Waals surface area contributed by atoms with Crippen LogP contribution < -0.4 is 10.6 Å². The summed E-state index contributed by atoms with van der Waals surface area (Å²) in [5, 5.41) is 15.4. The molecule has 0 aromatic carbocycles. The van der Waals surface area contributed by atoms with Gasteiger partial charge in [0.1, 0.15) is 6.04 Å². The van der Waals surface area contributed by atoms with E-state index < -0.39 is 18.0 Å². The van der Waals surface area contributed by atoms with Gasteiger partial charge in [-0.25, -0.2) is 4.79 Å². The number of nitrogens with one attached hydrogen (secondary N) is 2. The van der Waals surface area contributed by atoms with Gasteiger partial charge in [0.2, 0.25) is 0 Å². The third kappa shape index (κ3) is 4.19. The number of amides is 2. The van der Waals surface area contributed by atoms with Gasteiger partial charge in [0.25, 0.3) is 0 Å². The predicted octanol–water partition coefficient (Wildman–Crippen LogP) is 1.78. The molecule has 2 amide bonds. The second kappa shape index (κ2) is 5.86. The van der Waals surface area contributed by atoms with E-state index in [1.165, 1.54) is 18.3 Å². The van der Waals surface area contributed by atoms with Crippen LogP contribution in [0.15, 0.2) is 15.9 Å². The van der Waals surface area contributed by atoms with E-state index in [9.17, 15) is 9.59 Å². The number of rotatable bonds is 4. The molecule has 1 heterocycles. The van der Waals surface area contributed by atoms with E-state index in [1.54, 1.807) is 0 Å². The van der Waals surface area contributed by atoms with Crippen molar-refractivity contribution >= 4 is 39.3 Å². The minimum atomic E-state index is -1.06. The summed E-state index contributed by atoms with van der Waals surface area (Å²) in [5.41, 5.74) is 0. The molecule has 0 aliphatic heterocycles. The minimum Gasteiger partial charge on any atom is -0.480 e. The molecule has 7 heteroatoms. The van der Waals surface area contributed by atoms with Crippen LogP contribution in [0.1, 0.15) is 11.8 Å². The Morgan fingerprint density at radius 1 is 1.62 bits per heavy atom. The Hall–Kier alpha value is -1.08. The fourth-order valence-corrected chi connectivity index (χ4v) is 2.31. The molecule has 1 aromatic heterocycles. The molecule has 3 N–H and O–H groups in total. The first-order chi connectivity index (χ1) is 7.49. The number of carboxylic acids is 1. The molecule has 0 radical (unpaired) electrons. The maximum atomic E-state index is 11.2. The number of carboxylic acid groups (broad SMARTS) is 1. The lowest BCUT2D eigenvalue weighted by molar-refractivity contribution is -0.138. The molecule has 1 aromatic rings. The van der Waals surface area contributed by atoms with E-state index in [0.717, 1.165) is 9.35 Å². The van der Waals surface area contributed by atoms with Crippen LogP contribution in [0, 0.1) is 0 Å². The van der Waals surface area contributed by atoms with Crippen molar-refractivity contribution in [3.8, 4) is 0 Å². The van der Waals surface area contributed by atoms with Gasteiger partial charge in [0.15, 0.2) is 0 Å². The summed E-state index contributed by atoms with van der Waals surface area (Å²) < 4.78 is 0.966. The van der Waals surface area contributed by atoms with Gasteiger partial charge in [-0.2, -0.15) is 0 Å². The Bertz CT molecular complexity index is 394. The second-order valence-corrected chi connectivity index (χ2v) is 5.03. The predicted molar refractivity (Wildman–Crippen MR) is 64.5 cm³/mol. The highest BCUT2D eigenvalue weighted by atomic mass is 79.9. The van der Waals surface area contributed by atoms with Crippen molar-refractivity contribution in [3.05, 3.63) is 20.8 Å². The highest BCUT2D eigenvalue weighted by Gasteiger charge is 2.13. The lowest BCUT2D eigenvalue weighted by Crippen LogP contribution is -2.43. The number of urea groups is 1. The molecule has 16 heavy (non-hydrogen) atoms. The van der Waals surface area contributed by atoms with E-state index in [-0.39, 0.29) is 0 Å². The number of carbonyl (C=O) groups excluding carboxylic acids is 1. The van der Waals surface area contributed by atoms with E-state index >= 15 is 0 Å². The molecule has 1 unspecified atom stereocenters. The van der Waals surface area contributed by atoms with Crippen LogP contribution in [0.5, 0.6) is 0 Å². The first kappa shape index (κ1) is 13.0. The highest BCUT2D eigenvalue weighted by Crippen LogP contribution is 2.19. The fourth-order valence-electron chi connectivity index (χ4n) is 0.923. The summed E-state index contributed by atoms with van der Waals surface area (Å²) in [6.07, 6.45) is 0. The zero-order valence-corrected chi connectivity index (χ0v) is 10.9. The van der Waals surface area contributed by atoms with Gasteiger partial charge < -0.3 is 15.7 Å². The largest absolute Gasteiger partial charge is 0.480 e. The van der Waals surface area contributed by atoms with Gasteiger partial charge in [-0.3, -0.25) is 4.79 Å². The molecule has 1 rings (SSSR count). The Morgan fingerprint density at radius 2 is 2.31 bits per heavy atom. The monoisotopic (exact) mass is 306 g/mol. The summed E-state index contributed by atoms with van der Waals surface area (Å²) in [5.74, 6) is -1.06. The van der Waals surface area contributed by atoms with Gasteiger partial charge in [-0.15, -0.1) is 11.3 Å². The van der Waals surface area contributed by atoms with Crippen LogP contribution in [-0.2, 0) is 11.3 Å². The van der Waals surface area contributed by atoms with Crippen molar-refractivity contribution in [3.63, 3.8) is 0 Å². The quantitative estimate of drug-likeness (QED) is 0.793. The molecule has 0 aliphatic carbocycles. The Morgan fingerprint density at radius 3 is 2.81 bits per heavy atom. The van der Waals surface area contributed by atoms with Crippen molar-refractivity contribution in [1.82, 2.24) is 10.6 Å². The lowest BCUT2D eigenvalue weighted by atomic mass is 10.3. The van der Waals surface area contributed by atoms with Crippen molar-refractivity contribution in [2.75, 3.05) is 0 Å². The average molecular weight is 307 g/mol. The molecule has 0 spiro atoms. The van der Waals surface area contributed by atoms with E-state index in [1.807, 2.05) is 11.4 Å². The van der Waals surface area contributed by atoms with Gasteiger partial charge >= 0.3 is 12.0 Å². The first-order valence-electron chi connectivity index (χ1n) is 4.49. The molecule has 0 saturated heterocycles. The highest BCUT2D eigenvalue weighted by molar-refractivity contribution is 9.10. The molecule has 0 bridgehead atoms. The fraction of sp³-hybridized carbons (Fsp3) is 0.333. The molecule has 0 fully saturated rings. The average Bonchev–Trinajstić information content (AvgIpc) is 2.61. The summed E-state index contributed by atoms with van der Waals surface area (Å²) >= 11 is 4.81. The summed E-state index contributed by atoms with van der Waals surface area (Å²) in [7, 11) is 0. The van der Waals surface area contributed by atoms with Crippen LogP contribution >= 0.6 is 27.3 Å². The smallest absolute Gasteiger partial charge is 0.325 e. The van der Waals surface area contributed by atoms with Crippen LogP contribution in [0.25, 0.3) is 0 Å². The number of carbonyl (C=O) groups is 2. The third-order valence-electron chi connectivity index (χ3n) is 1.76. The van der Waals surface area contributed by atoms with Gasteiger partial charge in [0, 0.05) is 14.7 Å². The molecule has 5 nitrogen and oxygen atoms in total. The maximum Gasteiger partial charge on any atom is 0.325 e. The standard InChI is InChI=1S/C9H11BrN2O3S/c1-5(8(13)14)12-9(15)11-3-7-2-6(10)4-16-7/h2,4-5H,3H2,1H3,(H,13,14)(H2,11,12,15). The molecular weight excluding hydrogens is 296 g/mol. The summed E-state index contributed by atoms with van der Waals surface area (Å²) in [6.45, 7) is 1.79. The Labute approximate surface area is 105 Å². The van der Waals surface area contributed by atoms with Gasteiger partial charge in [-0.1, -0.05) is 0 Å². The van der Waals surface area contributed by atoms with Crippen molar-refractivity contribution in [2.45, 2.75) is 19.5 Å². The van der Waals surface area contributed by atoms with Crippen molar-refractivity contribution in [2.24, 2.45) is 0 Å². The van der Waals surface area contributed by atoms with Gasteiger partial charge in [-0.05, 0) is 28.9 Å². The maximum absolute atomic E-state index is 11.2. The summed E-state index contributed by atoms with van der Waals surface area (Å²) in [4.78, 5) is 22.7. The van der Waals surface area contributed by atoms with Crippen LogP contribution in [-0.4, -0.2) is 23.1 Å². The Kier molecular flexibility index (Phi) is 4.75. The number of hydrogen-bond donors (Lipinski definition) is 3. The number of hydrogen-bond acceptors (Lipinski definition) is 3. The van der Waals surface area contributed by atoms with Crippen molar-refractivity contribution < 1.29 is 14.7 Å². The van der Waals surface area contributed by atoms with Crippen LogP contribution in [0.4, 0.5) is 4.79 Å². The SMILES string of the molecule is CC(NC(=O)NCc1cc(Br)cs1)C(=O)O. The topological polar surface area (TPSA) is 78.4 Å². The first-order valence-corrected chi connectivity index (χ1v) is 6.16. The molecule has 88 valence electrons. The molecular formula is C9H11BrN2O3S. The minimum absolute atomic E-state index is 0.383. The second-order valence-electron chi connectivity index (χ2n) is 3.12. The third-order valence-corrected chi connectivity index (χ3v) is 3.46. The molecule has 1 atom stereocenters. The van der Waals surface area contributed by atoms with Crippen LogP contribution in [0.3, 0.4) is 0 Å². The van der Waals surface area contributed by atoms with E-state index in [0.29, 0.717) is 6.54 Å². The molecule has 0 saturated carbocycles. The summed E-state index contributed by atoms with van der Waals surface area (Å²) in [6, 6.07) is 0.514. The van der Waals surface area contributed by atoms with Crippen LogP contribution in [0.2, 0.25) is 0 Å². The lowest BCUT2D eigenvalue weighted by Gasteiger charge is -2.09. The molecule has 0 aliphatic rings. The number of halogens is 1. The van der Waals surface area contributed by atoms with E-state index in [2.05, 4.69) is 26.6 Å². The zero-order chi connectivity index (χ0) is 12.1. The Balaban J connectivity index is 2.33. The number of aliphatic carboxylic acids is 1. The van der Waals surface area contributed by atoms with E-state index in [4.69, 9.17) is 5.11 Å². The van der Waals surface area contributed by atoms with Gasteiger partial charge in [0.05, 0.1) is 6.54 Å². The normalized spacial score (nSPS) is 11.9.